The Morgan fingerprint density at radius 2 is 1.62 bits per heavy atom. The van der Waals surface area contributed by atoms with Crippen LogP contribution in [0.15, 0.2) is 42.6 Å². The van der Waals surface area contributed by atoms with E-state index in [-0.39, 0.29) is 17.1 Å². The van der Waals surface area contributed by atoms with Gasteiger partial charge in [0, 0.05) is 5.56 Å². The first-order chi connectivity index (χ1) is 13.4. The number of nitrogens with one attached hydrogen (secondary N) is 1. The predicted octanol–water partition coefficient (Wildman–Crippen LogP) is 4.45. The van der Waals surface area contributed by atoms with Crippen molar-refractivity contribution in [1.82, 2.24) is 10.3 Å². The maximum absolute atomic E-state index is 12.3. The fraction of sp³-hybridized carbons (Fsp3) is 0.333. The van der Waals surface area contributed by atoms with Gasteiger partial charge in [0.25, 0.3) is 5.91 Å². The fourth-order valence-corrected chi connectivity index (χ4v) is 2.14. The van der Waals surface area contributed by atoms with E-state index < -0.39 is 37.5 Å². The molecule has 0 saturated carbocycles. The summed E-state index contributed by atoms with van der Waals surface area (Å²) in [4.78, 5) is 16.2. The van der Waals surface area contributed by atoms with Gasteiger partial charge in [0.05, 0.1) is 17.9 Å². The van der Waals surface area contributed by atoms with E-state index in [1.165, 1.54) is 30.3 Å². The minimum Gasteiger partial charge on any atom is -0.484 e. The van der Waals surface area contributed by atoms with Crippen LogP contribution in [0.2, 0.25) is 0 Å². The second kappa shape index (κ2) is 9.01. The van der Waals surface area contributed by atoms with Crippen LogP contribution in [-0.4, -0.2) is 36.5 Å². The Morgan fingerprint density at radius 3 is 2.17 bits per heavy atom. The van der Waals surface area contributed by atoms with Gasteiger partial charge in [0.1, 0.15) is 11.5 Å². The number of pyridine rings is 1. The molecular formula is C18H16F6N2O3. The van der Waals surface area contributed by atoms with Crippen molar-refractivity contribution < 1.29 is 40.6 Å². The highest BCUT2D eigenvalue weighted by molar-refractivity contribution is 5.94. The van der Waals surface area contributed by atoms with Crippen molar-refractivity contribution >= 4 is 5.91 Å². The Balaban J connectivity index is 1.96. The van der Waals surface area contributed by atoms with Gasteiger partial charge < -0.3 is 14.8 Å². The van der Waals surface area contributed by atoms with Gasteiger partial charge in [-0.25, -0.2) is 0 Å². The summed E-state index contributed by atoms with van der Waals surface area (Å²) in [5.74, 6) is -0.791. The van der Waals surface area contributed by atoms with Crippen molar-refractivity contribution in [3.63, 3.8) is 0 Å². The van der Waals surface area contributed by atoms with Gasteiger partial charge in [0.2, 0.25) is 0 Å². The first kappa shape index (κ1) is 22.3. The number of aromatic nitrogens is 1. The number of carbonyl (C=O) groups excluding carboxylic acids is 1. The van der Waals surface area contributed by atoms with Gasteiger partial charge in [0.15, 0.2) is 13.2 Å². The van der Waals surface area contributed by atoms with Crippen molar-refractivity contribution in [1.29, 1.82) is 0 Å². The summed E-state index contributed by atoms with van der Waals surface area (Å²) >= 11 is 0. The van der Waals surface area contributed by atoms with E-state index >= 15 is 0 Å². The van der Waals surface area contributed by atoms with Gasteiger partial charge in [-0.05, 0) is 37.3 Å². The molecule has 0 fully saturated rings. The molecule has 1 aromatic carbocycles. The van der Waals surface area contributed by atoms with Crippen LogP contribution >= 0.6 is 0 Å². The van der Waals surface area contributed by atoms with Gasteiger partial charge >= 0.3 is 12.4 Å². The lowest BCUT2D eigenvalue weighted by Crippen LogP contribution is -2.27. The molecule has 158 valence electrons. The van der Waals surface area contributed by atoms with Gasteiger partial charge in [-0.1, -0.05) is 6.07 Å². The first-order valence-corrected chi connectivity index (χ1v) is 8.19. The Labute approximate surface area is 161 Å². The zero-order valence-electron chi connectivity index (χ0n) is 15.0. The predicted molar refractivity (Wildman–Crippen MR) is 89.7 cm³/mol. The van der Waals surface area contributed by atoms with Crippen LogP contribution in [0.4, 0.5) is 26.3 Å². The number of alkyl halides is 6. The molecule has 11 heteroatoms. The third kappa shape index (κ3) is 7.88. The summed E-state index contributed by atoms with van der Waals surface area (Å²) in [5.41, 5.74) is 0.420. The van der Waals surface area contributed by atoms with Crippen molar-refractivity contribution in [2.24, 2.45) is 0 Å². The summed E-state index contributed by atoms with van der Waals surface area (Å²) in [6.45, 7) is -1.35. The highest BCUT2D eigenvalue weighted by Crippen LogP contribution is 2.21. The number of nitrogens with zero attached hydrogens (tertiary/aromatic N) is 1. The number of hydrogen-bond donors (Lipinski definition) is 1. The fourth-order valence-electron chi connectivity index (χ4n) is 2.14. The van der Waals surface area contributed by atoms with Crippen LogP contribution in [0.3, 0.4) is 0 Å². The molecule has 0 aliphatic rings. The van der Waals surface area contributed by atoms with Crippen molar-refractivity contribution in [2.75, 3.05) is 13.2 Å². The third-order valence-electron chi connectivity index (χ3n) is 3.45. The largest absolute Gasteiger partial charge is 0.484 e. The lowest BCUT2D eigenvalue weighted by molar-refractivity contribution is -0.154. The van der Waals surface area contributed by atoms with E-state index in [4.69, 9.17) is 0 Å². The monoisotopic (exact) mass is 422 g/mol. The van der Waals surface area contributed by atoms with Gasteiger partial charge in [-0.15, -0.1) is 0 Å². The number of amides is 1. The highest BCUT2D eigenvalue weighted by Gasteiger charge is 2.29. The topological polar surface area (TPSA) is 60.5 Å². The molecular weight excluding hydrogens is 406 g/mol. The summed E-state index contributed by atoms with van der Waals surface area (Å²) < 4.78 is 82.2. The van der Waals surface area contributed by atoms with Crippen molar-refractivity contribution in [3.8, 4) is 11.5 Å². The summed E-state index contributed by atoms with van der Waals surface area (Å²) in [6, 6.07) is 7.25. The average Bonchev–Trinajstić information content (AvgIpc) is 2.64. The number of ether oxygens (including phenoxy) is 2. The number of benzene rings is 1. The summed E-state index contributed by atoms with van der Waals surface area (Å²) in [6.07, 6.45) is -7.89. The summed E-state index contributed by atoms with van der Waals surface area (Å²) in [5, 5.41) is 2.59. The molecule has 1 heterocycles. The van der Waals surface area contributed by atoms with Crippen LogP contribution in [0.25, 0.3) is 0 Å². The molecule has 2 aromatic rings. The molecule has 0 aliphatic heterocycles. The lowest BCUT2D eigenvalue weighted by atomic mass is 10.1. The molecule has 1 N–H and O–H groups in total. The molecule has 1 amide bonds. The van der Waals surface area contributed by atoms with E-state index in [2.05, 4.69) is 19.8 Å². The van der Waals surface area contributed by atoms with Gasteiger partial charge in [-0.2, -0.15) is 26.3 Å². The summed E-state index contributed by atoms with van der Waals surface area (Å²) in [7, 11) is 0. The first-order valence-electron chi connectivity index (χ1n) is 8.19. The van der Waals surface area contributed by atoms with E-state index in [1.54, 1.807) is 6.92 Å². The molecule has 0 spiro atoms. The second-order valence-electron chi connectivity index (χ2n) is 5.95. The Kier molecular flexibility index (Phi) is 6.93. The standard InChI is InChI=1S/C18H16F6N2O3/c1-11(15-6-5-14(8-25-15)29-10-18(22,23)24)26-16(27)12-3-2-4-13(7-12)28-9-17(19,20)21/h2-8,11H,9-10H2,1H3,(H,26,27). The minimum absolute atomic E-state index is 0.0710. The molecule has 1 unspecified atom stereocenters. The molecule has 0 bridgehead atoms. The number of halogens is 6. The van der Waals surface area contributed by atoms with E-state index in [0.29, 0.717) is 5.69 Å². The lowest BCUT2D eigenvalue weighted by Gasteiger charge is -2.15. The van der Waals surface area contributed by atoms with Crippen LogP contribution in [0.5, 0.6) is 11.5 Å². The molecule has 1 atom stereocenters. The average molecular weight is 422 g/mol. The molecule has 2 rings (SSSR count). The van der Waals surface area contributed by atoms with Crippen LogP contribution in [-0.2, 0) is 0 Å². The highest BCUT2D eigenvalue weighted by atomic mass is 19.4. The maximum atomic E-state index is 12.3. The zero-order valence-corrected chi connectivity index (χ0v) is 15.0. The quantitative estimate of drug-likeness (QED) is 0.670. The molecule has 29 heavy (non-hydrogen) atoms. The number of rotatable bonds is 7. The third-order valence-corrected chi connectivity index (χ3v) is 3.45. The van der Waals surface area contributed by atoms with E-state index in [9.17, 15) is 31.1 Å². The zero-order chi connectivity index (χ0) is 21.7. The Hall–Kier alpha value is -2.98. The number of hydrogen-bond acceptors (Lipinski definition) is 4. The Morgan fingerprint density at radius 1 is 1.00 bits per heavy atom. The van der Waals surface area contributed by atoms with Crippen molar-refractivity contribution in [2.45, 2.75) is 25.3 Å². The van der Waals surface area contributed by atoms with Crippen LogP contribution < -0.4 is 14.8 Å². The van der Waals surface area contributed by atoms with Gasteiger partial charge in [-0.3, -0.25) is 9.78 Å². The second-order valence-corrected chi connectivity index (χ2v) is 5.95. The molecule has 0 aliphatic carbocycles. The minimum atomic E-state index is -4.51. The smallest absolute Gasteiger partial charge is 0.422 e. The molecule has 5 nitrogen and oxygen atoms in total. The Bertz CT molecular complexity index is 822. The maximum Gasteiger partial charge on any atom is 0.422 e. The SMILES string of the molecule is CC(NC(=O)c1cccc(OCC(F)(F)F)c1)c1ccc(OCC(F)(F)F)cn1. The normalized spacial score (nSPS) is 12.9. The van der Waals surface area contributed by atoms with Crippen LogP contribution in [0, 0.1) is 0 Å². The van der Waals surface area contributed by atoms with E-state index in [0.717, 1.165) is 12.3 Å². The molecule has 0 saturated heterocycles. The molecule has 1 aromatic heterocycles. The van der Waals surface area contributed by atoms with Crippen LogP contribution in [0.1, 0.15) is 29.0 Å². The van der Waals surface area contributed by atoms with Crippen molar-refractivity contribution in [3.05, 3.63) is 53.9 Å². The van der Waals surface area contributed by atoms with E-state index in [1.807, 2.05) is 0 Å². The molecule has 0 radical (unpaired) electrons. The number of carbonyl (C=O) groups is 1.